The molecular formula is C21H12N4O. The van der Waals surface area contributed by atoms with Crippen LogP contribution in [0.15, 0.2) is 60.4 Å². The van der Waals surface area contributed by atoms with E-state index in [0.29, 0.717) is 16.5 Å². The van der Waals surface area contributed by atoms with Gasteiger partial charge in [-0.15, -0.1) is 0 Å². The molecule has 0 fully saturated rings. The summed E-state index contributed by atoms with van der Waals surface area (Å²) >= 11 is 0. The lowest BCUT2D eigenvalue weighted by molar-refractivity contribution is 0.104. The average Bonchev–Trinajstić information content (AvgIpc) is 3.29. The molecule has 5 nitrogen and oxygen atoms in total. The lowest BCUT2D eigenvalue weighted by Gasteiger charge is -1.99. The van der Waals surface area contributed by atoms with Crippen molar-refractivity contribution in [3.8, 4) is 12.1 Å². The minimum Gasteiger partial charge on any atom is -0.361 e. The molecule has 2 N–H and O–H groups in total. The third-order valence-electron chi connectivity index (χ3n) is 4.34. The number of nitriles is 2. The summed E-state index contributed by atoms with van der Waals surface area (Å²) in [5.41, 5.74) is 3.35. The van der Waals surface area contributed by atoms with Crippen LogP contribution in [0.5, 0.6) is 0 Å². The molecule has 0 aliphatic rings. The fourth-order valence-corrected chi connectivity index (χ4v) is 3.04. The monoisotopic (exact) mass is 336 g/mol. The Morgan fingerprint density at radius 1 is 0.962 bits per heavy atom. The number of H-pyrrole nitrogens is 2. The number of Topliss-reactive ketones (excluding diaryl/α,β-unsaturated/α-hetero) is 1. The predicted molar refractivity (Wildman–Crippen MR) is 99.2 cm³/mol. The summed E-state index contributed by atoms with van der Waals surface area (Å²) in [5, 5.41) is 20.2. The molecule has 4 aromatic rings. The van der Waals surface area contributed by atoms with Crippen LogP contribution in [0.3, 0.4) is 0 Å². The van der Waals surface area contributed by atoms with Gasteiger partial charge in [-0.1, -0.05) is 18.2 Å². The van der Waals surface area contributed by atoms with Crippen LogP contribution in [-0.2, 0) is 0 Å². The Balaban J connectivity index is 1.82. The van der Waals surface area contributed by atoms with Crippen molar-refractivity contribution in [1.29, 1.82) is 10.5 Å². The van der Waals surface area contributed by atoms with E-state index < -0.39 is 0 Å². The summed E-state index contributed by atoms with van der Waals surface area (Å²) < 4.78 is 0. The van der Waals surface area contributed by atoms with E-state index in [0.717, 1.165) is 22.0 Å². The highest BCUT2D eigenvalue weighted by Gasteiger charge is 2.17. The minimum atomic E-state index is -0.376. The number of carbonyl (C=O) groups is 1. The zero-order chi connectivity index (χ0) is 18.1. The third-order valence-corrected chi connectivity index (χ3v) is 4.34. The number of para-hydroxylation sites is 1. The molecule has 0 radical (unpaired) electrons. The molecule has 0 atom stereocenters. The number of nitrogens with one attached hydrogen (secondary N) is 2. The van der Waals surface area contributed by atoms with Crippen LogP contribution in [0.1, 0.15) is 21.5 Å². The quantitative estimate of drug-likeness (QED) is 0.331. The summed E-state index contributed by atoms with van der Waals surface area (Å²) in [6.07, 6.45) is 4.95. The van der Waals surface area contributed by atoms with E-state index >= 15 is 0 Å². The summed E-state index contributed by atoms with van der Waals surface area (Å²) in [4.78, 5) is 19.1. The maximum absolute atomic E-state index is 12.9. The number of aromatic amines is 2. The second kappa shape index (κ2) is 6.08. The first-order valence-corrected chi connectivity index (χ1v) is 7.95. The number of hydrogen-bond acceptors (Lipinski definition) is 3. The predicted octanol–water partition coefficient (Wildman–Crippen LogP) is 4.31. The highest BCUT2D eigenvalue weighted by Crippen LogP contribution is 2.25. The van der Waals surface area contributed by atoms with Gasteiger partial charge in [0.05, 0.1) is 11.6 Å². The molecule has 0 bridgehead atoms. The second-order valence-corrected chi connectivity index (χ2v) is 5.86. The number of aromatic nitrogens is 2. The molecule has 2 aromatic heterocycles. The van der Waals surface area contributed by atoms with Gasteiger partial charge in [0, 0.05) is 45.3 Å². The maximum atomic E-state index is 12.9. The van der Waals surface area contributed by atoms with Gasteiger partial charge in [-0.05, 0) is 30.3 Å². The average molecular weight is 336 g/mol. The number of rotatable bonds is 3. The first kappa shape index (κ1) is 15.4. The van der Waals surface area contributed by atoms with Crippen molar-refractivity contribution >= 4 is 33.7 Å². The van der Waals surface area contributed by atoms with Gasteiger partial charge in [-0.3, -0.25) is 4.79 Å². The largest absolute Gasteiger partial charge is 0.361 e. The second-order valence-electron chi connectivity index (χ2n) is 5.86. The van der Waals surface area contributed by atoms with Crippen molar-refractivity contribution < 1.29 is 4.79 Å². The molecule has 0 spiro atoms. The Kier molecular flexibility index (Phi) is 3.61. The normalized spacial score (nSPS) is 11.4. The van der Waals surface area contributed by atoms with Crippen LogP contribution < -0.4 is 0 Å². The van der Waals surface area contributed by atoms with Crippen LogP contribution in [0.2, 0.25) is 0 Å². The van der Waals surface area contributed by atoms with Crippen LogP contribution in [0, 0.1) is 22.7 Å². The third kappa shape index (κ3) is 2.45. The van der Waals surface area contributed by atoms with Gasteiger partial charge in [-0.25, -0.2) is 0 Å². The van der Waals surface area contributed by atoms with Crippen LogP contribution >= 0.6 is 0 Å². The van der Waals surface area contributed by atoms with Gasteiger partial charge in [0.25, 0.3) is 0 Å². The van der Waals surface area contributed by atoms with Crippen molar-refractivity contribution in [2.45, 2.75) is 0 Å². The van der Waals surface area contributed by atoms with Crippen LogP contribution in [0.25, 0.3) is 27.9 Å². The van der Waals surface area contributed by atoms with Crippen molar-refractivity contribution in [3.63, 3.8) is 0 Å². The van der Waals surface area contributed by atoms with Crippen molar-refractivity contribution in [2.24, 2.45) is 0 Å². The molecule has 0 aliphatic heterocycles. The van der Waals surface area contributed by atoms with E-state index in [-0.39, 0.29) is 11.4 Å². The zero-order valence-electron chi connectivity index (χ0n) is 13.6. The lowest BCUT2D eigenvalue weighted by atomic mass is 10.0. The maximum Gasteiger partial charge on any atom is 0.205 e. The topological polar surface area (TPSA) is 96.2 Å². The molecule has 0 amide bonds. The molecule has 26 heavy (non-hydrogen) atoms. The summed E-state index contributed by atoms with van der Waals surface area (Å²) in [7, 11) is 0. The van der Waals surface area contributed by atoms with Crippen LogP contribution in [-0.4, -0.2) is 15.8 Å². The van der Waals surface area contributed by atoms with E-state index in [1.54, 1.807) is 36.7 Å². The van der Waals surface area contributed by atoms with E-state index in [4.69, 9.17) is 5.26 Å². The Labute approximate surface area is 148 Å². The molecule has 0 aliphatic carbocycles. The summed E-state index contributed by atoms with van der Waals surface area (Å²) in [6, 6.07) is 16.8. The first-order chi connectivity index (χ1) is 12.7. The van der Waals surface area contributed by atoms with Gasteiger partial charge in [0.15, 0.2) is 0 Å². The zero-order valence-corrected chi connectivity index (χ0v) is 13.6. The Bertz CT molecular complexity index is 1270. The molecule has 122 valence electrons. The number of benzene rings is 2. The standard InChI is InChI=1S/C21H12N4O/c22-9-13-5-6-20-17(7-13)18(12-25-20)21(26)14(10-23)8-15-11-24-19-4-2-1-3-16(15)19/h1-8,11-12,24-25H/b14-8+. The number of carbonyl (C=O) groups excluding carboxylic acids is 1. The van der Waals surface area contributed by atoms with Crippen molar-refractivity contribution in [1.82, 2.24) is 9.97 Å². The number of allylic oxidation sites excluding steroid dienone is 1. The van der Waals surface area contributed by atoms with Gasteiger partial charge in [0.2, 0.25) is 5.78 Å². The molecule has 0 saturated carbocycles. The highest BCUT2D eigenvalue weighted by atomic mass is 16.1. The van der Waals surface area contributed by atoms with E-state index in [1.807, 2.05) is 30.3 Å². The summed E-state index contributed by atoms with van der Waals surface area (Å²) in [6.45, 7) is 0. The van der Waals surface area contributed by atoms with E-state index in [9.17, 15) is 10.1 Å². The van der Waals surface area contributed by atoms with E-state index in [1.165, 1.54) is 0 Å². The molecule has 4 rings (SSSR count). The van der Waals surface area contributed by atoms with Gasteiger partial charge >= 0.3 is 0 Å². The molecular weight excluding hydrogens is 324 g/mol. The Hall–Kier alpha value is -4.09. The fourth-order valence-electron chi connectivity index (χ4n) is 3.04. The highest BCUT2D eigenvalue weighted by molar-refractivity contribution is 6.20. The first-order valence-electron chi connectivity index (χ1n) is 7.95. The van der Waals surface area contributed by atoms with Crippen molar-refractivity contribution in [2.75, 3.05) is 0 Å². The summed E-state index contributed by atoms with van der Waals surface area (Å²) in [5.74, 6) is -0.376. The van der Waals surface area contributed by atoms with Crippen molar-refractivity contribution in [3.05, 3.63) is 77.1 Å². The molecule has 2 heterocycles. The lowest BCUT2D eigenvalue weighted by Crippen LogP contribution is -2.01. The fraction of sp³-hybridized carbons (Fsp3) is 0. The molecule has 0 unspecified atom stereocenters. The number of hydrogen-bond donors (Lipinski definition) is 2. The SMILES string of the molecule is N#C/C(=C\c1c[nH]c2ccccc12)C(=O)c1c[nH]c2ccc(C#N)cc12. The van der Waals surface area contributed by atoms with Gasteiger partial charge in [-0.2, -0.15) is 10.5 Å². The Morgan fingerprint density at radius 2 is 1.73 bits per heavy atom. The number of nitrogens with zero attached hydrogens (tertiary/aromatic N) is 2. The van der Waals surface area contributed by atoms with Crippen LogP contribution in [0.4, 0.5) is 0 Å². The smallest absolute Gasteiger partial charge is 0.205 e. The number of ketones is 1. The van der Waals surface area contributed by atoms with E-state index in [2.05, 4.69) is 16.0 Å². The van der Waals surface area contributed by atoms with Gasteiger partial charge < -0.3 is 9.97 Å². The molecule has 0 saturated heterocycles. The minimum absolute atomic E-state index is 0.0398. The number of fused-ring (bicyclic) bond motifs is 2. The molecule has 5 heteroatoms. The Morgan fingerprint density at radius 3 is 2.54 bits per heavy atom. The molecule has 2 aromatic carbocycles. The van der Waals surface area contributed by atoms with Gasteiger partial charge in [0.1, 0.15) is 11.6 Å².